The molecule has 102 valence electrons. The number of nitrogens with zero attached hydrogens (tertiary/aromatic N) is 1. The van der Waals surface area contributed by atoms with Crippen LogP contribution in [-0.4, -0.2) is 11.2 Å². The summed E-state index contributed by atoms with van der Waals surface area (Å²) >= 11 is 0. The van der Waals surface area contributed by atoms with Gasteiger partial charge in [0, 0.05) is 11.1 Å². The maximum absolute atomic E-state index is 10.9. The molecule has 0 saturated carbocycles. The average molecular weight is 271 g/mol. The Kier molecular flexibility index (Phi) is 3.79. The summed E-state index contributed by atoms with van der Waals surface area (Å²) in [7, 11) is 0. The van der Waals surface area contributed by atoms with Crippen molar-refractivity contribution in [3.8, 4) is 11.5 Å². The fourth-order valence-corrected chi connectivity index (χ4v) is 1.87. The quantitative estimate of drug-likeness (QED) is 0.481. The van der Waals surface area contributed by atoms with Gasteiger partial charge in [0.2, 0.25) is 0 Å². The predicted octanol–water partition coefficient (Wildman–Crippen LogP) is 3.82. The largest absolute Gasteiger partial charge is 0.457 e. The molecule has 2 aromatic carbocycles. The molecule has 0 bridgehead atoms. The first-order chi connectivity index (χ1) is 9.51. The van der Waals surface area contributed by atoms with E-state index in [2.05, 4.69) is 0 Å². The van der Waals surface area contributed by atoms with Gasteiger partial charge in [-0.2, -0.15) is 0 Å². The first kappa shape index (κ1) is 13.7. The van der Waals surface area contributed by atoms with Crippen molar-refractivity contribution in [3.05, 3.63) is 63.2 Å². The molecule has 20 heavy (non-hydrogen) atoms. The summed E-state index contributed by atoms with van der Waals surface area (Å²) in [5.41, 5.74) is 1.97. The molecular weight excluding hydrogens is 258 g/mol. The minimum Gasteiger partial charge on any atom is -0.457 e. The van der Waals surface area contributed by atoms with Crippen LogP contribution in [-0.2, 0) is 0 Å². The van der Waals surface area contributed by atoms with Crippen LogP contribution in [0.5, 0.6) is 11.5 Å². The number of hydrogen-bond acceptors (Lipinski definition) is 4. The Morgan fingerprint density at radius 2 is 1.75 bits per heavy atom. The first-order valence-electron chi connectivity index (χ1n) is 6.00. The normalized spacial score (nSPS) is 10.1. The predicted molar refractivity (Wildman–Crippen MR) is 74.5 cm³/mol. The van der Waals surface area contributed by atoms with Crippen molar-refractivity contribution in [2.24, 2.45) is 0 Å². The van der Waals surface area contributed by atoms with Gasteiger partial charge < -0.3 is 4.74 Å². The molecule has 0 N–H and O–H groups in total. The van der Waals surface area contributed by atoms with Crippen molar-refractivity contribution in [2.75, 3.05) is 0 Å². The number of nitro benzene ring substituents is 1. The molecule has 0 heterocycles. The molecular formula is C15H13NO4. The molecule has 0 aromatic heterocycles. The third-order valence-corrected chi connectivity index (χ3v) is 2.93. The zero-order chi connectivity index (χ0) is 14.7. The fourth-order valence-electron chi connectivity index (χ4n) is 1.87. The highest BCUT2D eigenvalue weighted by molar-refractivity contribution is 5.74. The number of benzene rings is 2. The Morgan fingerprint density at radius 3 is 2.30 bits per heavy atom. The van der Waals surface area contributed by atoms with E-state index in [0.717, 1.165) is 11.8 Å². The van der Waals surface area contributed by atoms with Crippen molar-refractivity contribution < 1.29 is 14.5 Å². The highest BCUT2D eigenvalue weighted by atomic mass is 16.6. The lowest BCUT2D eigenvalue weighted by molar-refractivity contribution is -0.385. The molecule has 0 aliphatic carbocycles. The summed E-state index contributed by atoms with van der Waals surface area (Å²) in [5, 5.41) is 10.9. The third kappa shape index (κ3) is 2.83. The maximum atomic E-state index is 10.9. The van der Waals surface area contributed by atoms with Crippen molar-refractivity contribution in [1.82, 2.24) is 0 Å². The summed E-state index contributed by atoms with van der Waals surface area (Å²) in [6, 6.07) is 9.68. The monoisotopic (exact) mass is 271 g/mol. The van der Waals surface area contributed by atoms with Crippen LogP contribution < -0.4 is 4.74 Å². The summed E-state index contributed by atoms with van der Waals surface area (Å²) in [5.74, 6) is 0.956. The number of aryl methyl sites for hydroxylation is 2. The smallest absolute Gasteiger partial charge is 0.276 e. The van der Waals surface area contributed by atoms with Crippen LogP contribution in [0, 0.1) is 24.0 Å². The van der Waals surface area contributed by atoms with E-state index in [1.807, 2.05) is 6.92 Å². The van der Waals surface area contributed by atoms with E-state index >= 15 is 0 Å². The number of hydrogen-bond donors (Lipinski definition) is 0. The van der Waals surface area contributed by atoms with Gasteiger partial charge in [-0.15, -0.1) is 0 Å². The molecule has 5 nitrogen and oxygen atoms in total. The standard InChI is InChI=1S/C15H13NO4/c1-10-7-11(2)15(8-14(10)16(18)19)20-13-5-3-12(9-17)4-6-13/h3-9H,1-2H3. The van der Waals surface area contributed by atoms with Crippen LogP contribution in [0.1, 0.15) is 21.5 Å². The Bertz CT molecular complexity index is 662. The molecule has 2 rings (SSSR count). The molecule has 0 atom stereocenters. The summed E-state index contributed by atoms with van der Waals surface area (Å²) < 4.78 is 5.63. The van der Waals surface area contributed by atoms with Crippen LogP contribution in [0.3, 0.4) is 0 Å². The van der Waals surface area contributed by atoms with Crippen LogP contribution >= 0.6 is 0 Å². The second-order valence-corrected chi connectivity index (χ2v) is 4.45. The van der Waals surface area contributed by atoms with Gasteiger partial charge in [-0.1, -0.05) is 0 Å². The summed E-state index contributed by atoms with van der Waals surface area (Å²) in [6.45, 7) is 3.51. The second-order valence-electron chi connectivity index (χ2n) is 4.45. The van der Waals surface area contributed by atoms with Gasteiger partial charge in [-0.3, -0.25) is 14.9 Å². The van der Waals surface area contributed by atoms with E-state index in [9.17, 15) is 14.9 Å². The van der Waals surface area contributed by atoms with Crippen molar-refractivity contribution in [2.45, 2.75) is 13.8 Å². The lowest BCUT2D eigenvalue weighted by atomic mass is 10.1. The molecule has 0 radical (unpaired) electrons. The lowest BCUT2D eigenvalue weighted by Gasteiger charge is -2.10. The Hall–Kier alpha value is -2.69. The third-order valence-electron chi connectivity index (χ3n) is 2.93. The van der Waals surface area contributed by atoms with Crippen molar-refractivity contribution in [1.29, 1.82) is 0 Å². The molecule has 0 amide bonds. The minimum absolute atomic E-state index is 0.0233. The van der Waals surface area contributed by atoms with E-state index < -0.39 is 4.92 Å². The summed E-state index contributed by atoms with van der Waals surface area (Å²) in [4.78, 5) is 21.1. The number of carbonyl (C=O) groups excluding carboxylic acids is 1. The van der Waals surface area contributed by atoms with Crippen molar-refractivity contribution >= 4 is 12.0 Å². The number of rotatable bonds is 4. The topological polar surface area (TPSA) is 69.4 Å². The van der Waals surface area contributed by atoms with Gasteiger partial charge in [0.25, 0.3) is 5.69 Å². The SMILES string of the molecule is Cc1cc(C)c([N+](=O)[O-])cc1Oc1ccc(C=O)cc1. The van der Waals surface area contributed by atoms with Gasteiger partial charge in [-0.25, -0.2) is 0 Å². The van der Waals surface area contributed by atoms with Crippen LogP contribution in [0.4, 0.5) is 5.69 Å². The van der Waals surface area contributed by atoms with E-state index in [1.54, 1.807) is 37.3 Å². The molecule has 2 aromatic rings. The van der Waals surface area contributed by atoms with Gasteiger partial charge in [0.15, 0.2) is 0 Å². The van der Waals surface area contributed by atoms with Crippen LogP contribution in [0.15, 0.2) is 36.4 Å². The van der Waals surface area contributed by atoms with E-state index in [4.69, 9.17) is 4.74 Å². The van der Waals surface area contributed by atoms with E-state index in [1.165, 1.54) is 6.07 Å². The lowest BCUT2D eigenvalue weighted by Crippen LogP contribution is -1.95. The maximum Gasteiger partial charge on any atom is 0.276 e. The van der Waals surface area contributed by atoms with Crippen LogP contribution in [0.25, 0.3) is 0 Å². The van der Waals surface area contributed by atoms with E-state index in [-0.39, 0.29) is 5.69 Å². The second kappa shape index (κ2) is 5.52. The number of nitro groups is 1. The first-order valence-corrected chi connectivity index (χ1v) is 6.00. The zero-order valence-corrected chi connectivity index (χ0v) is 11.1. The Balaban J connectivity index is 2.34. The molecule has 0 saturated heterocycles. The minimum atomic E-state index is -0.433. The Morgan fingerprint density at radius 1 is 1.10 bits per heavy atom. The van der Waals surface area contributed by atoms with E-state index in [0.29, 0.717) is 22.6 Å². The van der Waals surface area contributed by atoms with Gasteiger partial charge >= 0.3 is 0 Å². The highest BCUT2D eigenvalue weighted by Gasteiger charge is 2.14. The Labute approximate surface area is 116 Å². The molecule has 0 unspecified atom stereocenters. The highest BCUT2D eigenvalue weighted by Crippen LogP contribution is 2.31. The molecule has 0 spiro atoms. The van der Waals surface area contributed by atoms with Gasteiger partial charge in [0.05, 0.1) is 11.0 Å². The van der Waals surface area contributed by atoms with Gasteiger partial charge in [-0.05, 0) is 49.7 Å². The van der Waals surface area contributed by atoms with Gasteiger partial charge in [0.1, 0.15) is 17.8 Å². The zero-order valence-electron chi connectivity index (χ0n) is 11.1. The van der Waals surface area contributed by atoms with Crippen molar-refractivity contribution in [3.63, 3.8) is 0 Å². The molecule has 5 heteroatoms. The fraction of sp³-hybridized carbons (Fsp3) is 0.133. The summed E-state index contributed by atoms with van der Waals surface area (Å²) in [6.07, 6.45) is 0.742. The molecule has 0 aliphatic heterocycles. The molecule has 0 aliphatic rings. The number of ether oxygens (including phenoxy) is 1. The van der Waals surface area contributed by atoms with Crippen LogP contribution in [0.2, 0.25) is 0 Å². The molecule has 0 fully saturated rings. The average Bonchev–Trinajstić information content (AvgIpc) is 2.42. The number of carbonyl (C=O) groups is 1. The number of aldehydes is 1.